The van der Waals surface area contributed by atoms with Gasteiger partial charge in [0.15, 0.2) is 0 Å². The first-order valence-electron chi connectivity index (χ1n) is 14.4. The molecule has 0 saturated heterocycles. The molecule has 1 amide bonds. The molecule has 3 N–H and O–H groups in total. The predicted molar refractivity (Wildman–Crippen MR) is 159 cm³/mol. The third-order valence-corrected chi connectivity index (χ3v) is 9.24. The van der Waals surface area contributed by atoms with Gasteiger partial charge >= 0.3 is 0 Å². The summed E-state index contributed by atoms with van der Waals surface area (Å²) in [5, 5.41) is 19.3. The number of hydrogen-bond acceptors (Lipinski definition) is 5. The lowest BCUT2D eigenvalue weighted by atomic mass is 9.94. The third kappa shape index (κ3) is 6.05. The number of carbonyl (C=O) groups is 1. The van der Waals surface area contributed by atoms with Crippen molar-refractivity contribution in [3.63, 3.8) is 0 Å². The molecule has 0 unspecified atom stereocenters. The monoisotopic (exact) mass is 534 g/mol. The van der Waals surface area contributed by atoms with Gasteiger partial charge in [0.05, 0.1) is 23.3 Å². The van der Waals surface area contributed by atoms with E-state index in [0.29, 0.717) is 24.6 Å². The summed E-state index contributed by atoms with van der Waals surface area (Å²) in [6.07, 6.45) is 9.21. The van der Waals surface area contributed by atoms with Gasteiger partial charge in [0.25, 0.3) is 5.91 Å². The number of rotatable bonds is 10. The number of carbonyl (C=O) groups excluding carboxylic acids is 1. The molecule has 2 aliphatic rings. The molecule has 2 aromatic carbocycles. The van der Waals surface area contributed by atoms with E-state index < -0.39 is 6.10 Å². The predicted octanol–water partition coefficient (Wildman–Crippen LogP) is 5.32. The van der Waals surface area contributed by atoms with Crippen LogP contribution in [0.3, 0.4) is 0 Å². The molecule has 0 bridgehead atoms. The zero-order chi connectivity index (χ0) is 26.5. The minimum atomic E-state index is -0.679. The second-order valence-corrected chi connectivity index (χ2v) is 11.8. The van der Waals surface area contributed by atoms with Crippen molar-refractivity contribution in [2.45, 2.75) is 83.5 Å². The third-order valence-electron chi connectivity index (χ3n) is 8.11. The lowest BCUT2D eigenvalue weighted by Crippen LogP contribution is -2.50. The SMILES string of the molecule is CCc1cn2c3c(cc(C(=O)N[C@@H](Cc4ccccc4)[C@H](O)CNC4CCCCC4)cc13)N(CC)SCC2. The molecule has 7 heteroatoms. The average Bonchev–Trinajstić information content (AvgIpc) is 3.21. The molecule has 1 aromatic heterocycles. The molecule has 1 fully saturated rings. The molecule has 38 heavy (non-hydrogen) atoms. The van der Waals surface area contributed by atoms with Gasteiger partial charge in [0, 0.05) is 48.6 Å². The summed E-state index contributed by atoms with van der Waals surface area (Å²) < 4.78 is 4.67. The smallest absolute Gasteiger partial charge is 0.251 e. The van der Waals surface area contributed by atoms with Gasteiger partial charge in [-0.05, 0) is 67.8 Å². The fourth-order valence-corrected chi connectivity index (χ4v) is 6.95. The number of nitrogens with one attached hydrogen (secondary N) is 2. The first-order valence-corrected chi connectivity index (χ1v) is 15.3. The maximum atomic E-state index is 13.8. The molecule has 2 heterocycles. The van der Waals surface area contributed by atoms with Gasteiger partial charge in [0.1, 0.15) is 0 Å². The van der Waals surface area contributed by atoms with E-state index in [1.807, 2.05) is 36.2 Å². The summed E-state index contributed by atoms with van der Waals surface area (Å²) in [5.74, 6) is 0.886. The van der Waals surface area contributed by atoms with Gasteiger partial charge in [-0.15, -0.1) is 0 Å². The van der Waals surface area contributed by atoms with Crippen LogP contribution in [0.4, 0.5) is 5.69 Å². The highest BCUT2D eigenvalue weighted by Gasteiger charge is 2.26. The molecule has 6 nitrogen and oxygen atoms in total. The van der Waals surface area contributed by atoms with E-state index >= 15 is 0 Å². The average molecular weight is 535 g/mol. The van der Waals surface area contributed by atoms with Crippen LogP contribution in [0.2, 0.25) is 0 Å². The Bertz CT molecular complexity index is 1220. The quantitative estimate of drug-likeness (QED) is 0.307. The Morgan fingerprint density at radius 3 is 2.66 bits per heavy atom. The number of aliphatic hydroxyl groups is 1. The summed E-state index contributed by atoms with van der Waals surface area (Å²) in [5.41, 5.74) is 5.37. The second-order valence-electron chi connectivity index (χ2n) is 10.7. The maximum absolute atomic E-state index is 13.8. The lowest BCUT2D eigenvalue weighted by Gasteiger charge is -2.28. The molecule has 1 aliphatic heterocycles. The Balaban J connectivity index is 1.41. The molecule has 3 aromatic rings. The van der Waals surface area contributed by atoms with E-state index in [-0.39, 0.29) is 11.9 Å². The van der Waals surface area contributed by atoms with E-state index in [0.717, 1.165) is 54.7 Å². The molecular formula is C31H42N4O2S. The second kappa shape index (κ2) is 12.6. The van der Waals surface area contributed by atoms with Crippen molar-refractivity contribution in [3.8, 4) is 0 Å². The summed E-state index contributed by atoms with van der Waals surface area (Å²) in [4.78, 5) is 13.8. The normalized spacial score (nSPS) is 17.8. The van der Waals surface area contributed by atoms with Crippen molar-refractivity contribution in [2.75, 3.05) is 23.1 Å². The Kier molecular flexibility index (Phi) is 8.97. The highest BCUT2D eigenvalue weighted by Crippen LogP contribution is 2.38. The summed E-state index contributed by atoms with van der Waals surface area (Å²) >= 11 is 1.83. The van der Waals surface area contributed by atoms with Crippen LogP contribution in [0.1, 0.15) is 67.4 Å². The molecule has 204 valence electrons. The van der Waals surface area contributed by atoms with Crippen molar-refractivity contribution < 1.29 is 9.90 Å². The van der Waals surface area contributed by atoms with Crippen molar-refractivity contribution in [1.29, 1.82) is 0 Å². The molecule has 2 atom stereocenters. The van der Waals surface area contributed by atoms with E-state index in [1.54, 1.807) is 0 Å². The number of anilines is 1. The number of aryl methyl sites for hydroxylation is 2. The number of amides is 1. The summed E-state index contributed by atoms with van der Waals surface area (Å²) in [7, 11) is 0. The van der Waals surface area contributed by atoms with E-state index in [1.165, 1.54) is 30.3 Å². The Hall–Kier alpha value is -2.48. The highest BCUT2D eigenvalue weighted by atomic mass is 32.2. The van der Waals surface area contributed by atoms with Gasteiger partial charge < -0.3 is 24.6 Å². The van der Waals surface area contributed by atoms with Gasteiger partial charge in [-0.3, -0.25) is 4.79 Å². The molecule has 0 radical (unpaired) electrons. The van der Waals surface area contributed by atoms with Crippen LogP contribution in [-0.4, -0.2) is 52.6 Å². The number of hydrogen-bond donors (Lipinski definition) is 3. The Labute approximate surface area is 231 Å². The van der Waals surface area contributed by atoms with Crippen LogP contribution in [0.15, 0.2) is 48.7 Å². The van der Waals surface area contributed by atoms with E-state index in [4.69, 9.17) is 0 Å². The molecule has 1 aliphatic carbocycles. The molecular weight excluding hydrogens is 492 g/mol. The van der Waals surface area contributed by atoms with E-state index in [9.17, 15) is 9.90 Å². The fourth-order valence-electron chi connectivity index (χ4n) is 5.99. The summed E-state index contributed by atoms with van der Waals surface area (Å²) in [6.45, 7) is 6.66. The minimum absolute atomic E-state index is 0.124. The number of aromatic nitrogens is 1. The van der Waals surface area contributed by atoms with Crippen molar-refractivity contribution in [3.05, 3.63) is 65.4 Å². The largest absolute Gasteiger partial charge is 0.390 e. The fraction of sp³-hybridized carbons (Fsp3) is 0.516. The van der Waals surface area contributed by atoms with Gasteiger partial charge in [-0.1, -0.05) is 56.5 Å². The topological polar surface area (TPSA) is 69.5 Å². The van der Waals surface area contributed by atoms with Crippen LogP contribution in [0.5, 0.6) is 0 Å². The van der Waals surface area contributed by atoms with Crippen LogP contribution in [-0.2, 0) is 19.4 Å². The lowest BCUT2D eigenvalue weighted by molar-refractivity contribution is 0.0821. The number of aliphatic hydroxyl groups excluding tert-OH is 1. The van der Waals surface area contributed by atoms with Crippen LogP contribution < -0.4 is 14.9 Å². The first-order chi connectivity index (χ1) is 18.6. The first kappa shape index (κ1) is 27.1. The number of benzene rings is 2. The van der Waals surface area contributed by atoms with Crippen molar-refractivity contribution in [2.24, 2.45) is 0 Å². The zero-order valence-electron chi connectivity index (χ0n) is 22.8. The van der Waals surface area contributed by atoms with Crippen LogP contribution >= 0.6 is 11.9 Å². The summed E-state index contributed by atoms with van der Waals surface area (Å²) in [6, 6.07) is 14.3. The van der Waals surface area contributed by atoms with Crippen molar-refractivity contribution in [1.82, 2.24) is 15.2 Å². The highest BCUT2D eigenvalue weighted by molar-refractivity contribution is 8.00. The number of nitrogens with zero attached hydrogens (tertiary/aromatic N) is 2. The maximum Gasteiger partial charge on any atom is 0.251 e. The van der Waals surface area contributed by atoms with Gasteiger partial charge in [0.2, 0.25) is 0 Å². The zero-order valence-corrected chi connectivity index (χ0v) is 23.6. The molecule has 0 spiro atoms. The standard InChI is InChI=1S/C31H42N4O2S/c1-3-23-21-34-15-16-38-35(4-2)28-19-24(18-26(23)30(28)34)31(37)33-27(17-22-11-7-5-8-12-22)29(36)20-32-25-13-9-6-10-14-25/h5,7-8,11-12,18-19,21,25,27,29,32,36H,3-4,6,9-10,13-17,20H2,1-2H3,(H,33,37)/t27-,29+/m0/s1. The van der Waals surface area contributed by atoms with Crippen LogP contribution in [0.25, 0.3) is 10.9 Å². The molecule has 1 saturated carbocycles. The minimum Gasteiger partial charge on any atom is -0.390 e. The van der Waals surface area contributed by atoms with E-state index in [2.05, 4.69) is 57.7 Å². The Morgan fingerprint density at radius 2 is 1.92 bits per heavy atom. The van der Waals surface area contributed by atoms with Crippen LogP contribution in [0, 0.1) is 0 Å². The van der Waals surface area contributed by atoms with Gasteiger partial charge in [-0.25, -0.2) is 0 Å². The molecule has 5 rings (SSSR count). The van der Waals surface area contributed by atoms with Gasteiger partial charge in [-0.2, -0.15) is 0 Å². The van der Waals surface area contributed by atoms with Crippen molar-refractivity contribution >= 4 is 34.4 Å². The Morgan fingerprint density at radius 1 is 1.13 bits per heavy atom.